The van der Waals surface area contributed by atoms with Crippen LogP contribution in [0.25, 0.3) is 16.8 Å². The molecule has 2 aromatic heterocycles. The van der Waals surface area contributed by atoms with E-state index in [0.29, 0.717) is 0 Å². The summed E-state index contributed by atoms with van der Waals surface area (Å²) in [5.41, 5.74) is 3.99. The second kappa shape index (κ2) is 6.88. The number of rotatable bonds is 6. The van der Waals surface area contributed by atoms with Crippen LogP contribution in [-0.4, -0.2) is 46.4 Å². The van der Waals surface area contributed by atoms with E-state index in [1.165, 1.54) is 0 Å². The first-order valence-corrected chi connectivity index (χ1v) is 8.12. The van der Waals surface area contributed by atoms with Crippen LogP contribution in [0.2, 0.25) is 0 Å². The fourth-order valence-electron chi connectivity index (χ4n) is 2.59. The smallest absolute Gasteiger partial charge is 0.165 e. The Kier molecular flexibility index (Phi) is 4.66. The van der Waals surface area contributed by atoms with Crippen molar-refractivity contribution in [2.75, 3.05) is 30.9 Å². The van der Waals surface area contributed by atoms with Crippen LogP contribution in [0, 0.1) is 0 Å². The van der Waals surface area contributed by atoms with E-state index in [2.05, 4.69) is 38.5 Å². The zero-order valence-corrected chi connectivity index (χ0v) is 14.3. The Morgan fingerprint density at radius 1 is 1.29 bits per heavy atom. The SMILES string of the molecule is CCC(CO)Nc1ccn2ncc(-c3cccc(N(C)C)c3)c2n1. The lowest BCUT2D eigenvalue weighted by Gasteiger charge is -2.15. The Labute approximate surface area is 141 Å². The van der Waals surface area contributed by atoms with Crippen molar-refractivity contribution in [2.24, 2.45) is 0 Å². The van der Waals surface area contributed by atoms with Gasteiger partial charge in [0.1, 0.15) is 5.82 Å². The monoisotopic (exact) mass is 325 g/mol. The van der Waals surface area contributed by atoms with Crippen LogP contribution in [0.3, 0.4) is 0 Å². The zero-order chi connectivity index (χ0) is 17.1. The highest BCUT2D eigenvalue weighted by atomic mass is 16.3. The van der Waals surface area contributed by atoms with Crippen molar-refractivity contribution < 1.29 is 5.11 Å². The van der Waals surface area contributed by atoms with Gasteiger partial charge in [0.25, 0.3) is 0 Å². The molecule has 0 spiro atoms. The van der Waals surface area contributed by atoms with E-state index in [1.54, 1.807) is 4.52 Å². The molecule has 3 aromatic rings. The van der Waals surface area contributed by atoms with Crippen LogP contribution in [0.4, 0.5) is 11.5 Å². The van der Waals surface area contributed by atoms with Gasteiger partial charge in [0.05, 0.1) is 18.8 Å². The van der Waals surface area contributed by atoms with Gasteiger partial charge in [0.2, 0.25) is 0 Å². The van der Waals surface area contributed by atoms with Crippen molar-refractivity contribution in [3.63, 3.8) is 0 Å². The van der Waals surface area contributed by atoms with E-state index in [4.69, 9.17) is 0 Å². The summed E-state index contributed by atoms with van der Waals surface area (Å²) in [5.74, 6) is 0.744. The molecule has 2 heterocycles. The van der Waals surface area contributed by atoms with Crippen LogP contribution in [-0.2, 0) is 0 Å². The number of nitrogens with one attached hydrogen (secondary N) is 1. The van der Waals surface area contributed by atoms with Crippen molar-refractivity contribution >= 4 is 17.2 Å². The molecule has 6 nitrogen and oxygen atoms in total. The number of aliphatic hydroxyl groups excluding tert-OH is 1. The molecule has 0 fully saturated rings. The molecule has 0 saturated heterocycles. The minimum atomic E-state index is 0.00314. The summed E-state index contributed by atoms with van der Waals surface area (Å²) in [4.78, 5) is 6.76. The molecule has 1 aromatic carbocycles. The number of nitrogens with zero attached hydrogens (tertiary/aromatic N) is 4. The highest BCUT2D eigenvalue weighted by Gasteiger charge is 2.11. The van der Waals surface area contributed by atoms with E-state index in [1.807, 2.05) is 45.5 Å². The number of benzene rings is 1. The van der Waals surface area contributed by atoms with E-state index in [-0.39, 0.29) is 12.6 Å². The quantitative estimate of drug-likeness (QED) is 0.729. The molecule has 2 N–H and O–H groups in total. The Balaban J connectivity index is 2.01. The number of aromatic nitrogens is 3. The topological polar surface area (TPSA) is 65.7 Å². The maximum atomic E-state index is 9.36. The number of aliphatic hydroxyl groups is 1. The lowest BCUT2D eigenvalue weighted by Crippen LogP contribution is -2.23. The van der Waals surface area contributed by atoms with Crippen LogP contribution in [0.5, 0.6) is 0 Å². The van der Waals surface area contributed by atoms with Crippen LogP contribution >= 0.6 is 0 Å². The van der Waals surface area contributed by atoms with Gasteiger partial charge in [-0.2, -0.15) is 5.10 Å². The first-order chi connectivity index (χ1) is 11.6. The van der Waals surface area contributed by atoms with Gasteiger partial charge in [0, 0.05) is 31.5 Å². The second-order valence-electron chi connectivity index (χ2n) is 6.02. The lowest BCUT2D eigenvalue weighted by atomic mass is 10.1. The summed E-state index contributed by atoms with van der Waals surface area (Å²) in [6.07, 6.45) is 4.55. The molecule has 0 aliphatic heterocycles. The van der Waals surface area contributed by atoms with E-state index in [0.717, 1.165) is 34.7 Å². The maximum Gasteiger partial charge on any atom is 0.165 e. The molecule has 0 bridgehead atoms. The standard InChI is InChI=1S/C18H23N5O/c1-4-14(12-24)20-17-8-9-23-18(21-17)16(11-19-23)13-6-5-7-15(10-13)22(2)3/h5-11,14,24H,4,12H2,1-3H3,(H,20,21). The third kappa shape index (κ3) is 3.19. The number of hydrogen-bond donors (Lipinski definition) is 2. The van der Waals surface area contributed by atoms with Crippen molar-refractivity contribution in [3.8, 4) is 11.1 Å². The number of anilines is 2. The van der Waals surface area contributed by atoms with E-state index < -0.39 is 0 Å². The van der Waals surface area contributed by atoms with Crippen molar-refractivity contribution in [1.82, 2.24) is 14.6 Å². The largest absolute Gasteiger partial charge is 0.394 e. The van der Waals surface area contributed by atoms with E-state index in [9.17, 15) is 5.11 Å². The summed E-state index contributed by atoms with van der Waals surface area (Å²) in [6, 6.07) is 10.2. The van der Waals surface area contributed by atoms with Gasteiger partial charge >= 0.3 is 0 Å². The first-order valence-electron chi connectivity index (χ1n) is 8.12. The van der Waals surface area contributed by atoms with Gasteiger partial charge in [-0.25, -0.2) is 9.50 Å². The van der Waals surface area contributed by atoms with Gasteiger partial charge < -0.3 is 15.3 Å². The second-order valence-corrected chi connectivity index (χ2v) is 6.02. The fraction of sp³-hybridized carbons (Fsp3) is 0.333. The molecule has 0 radical (unpaired) electrons. The first kappa shape index (κ1) is 16.3. The summed E-state index contributed by atoms with van der Waals surface area (Å²) >= 11 is 0. The normalized spacial score (nSPS) is 12.3. The fourth-order valence-corrected chi connectivity index (χ4v) is 2.59. The molecule has 24 heavy (non-hydrogen) atoms. The molecule has 0 aliphatic carbocycles. The van der Waals surface area contributed by atoms with E-state index >= 15 is 0 Å². The lowest BCUT2D eigenvalue weighted by molar-refractivity contribution is 0.271. The van der Waals surface area contributed by atoms with Gasteiger partial charge in [0.15, 0.2) is 5.65 Å². The minimum absolute atomic E-state index is 0.00314. The average molecular weight is 325 g/mol. The molecule has 1 unspecified atom stereocenters. The van der Waals surface area contributed by atoms with Crippen molar-refractivity contribution in [3.05, 3.63) is 42.7 Å². The molecular formula is C18H23N5O. The van der Waals surface area contributed by atoms with Gasteiger partial charge in [-0.1, -0.05) is 19.1 Å². The summed E-state index contributed by atoms with van der Waals surface area (Å²) in [5, 5.41) is 17.0. The summed E-state index contributed by atoms with van der Waals surface area (Å²) < 4.78 is 1.77. The Hall–Kier alpha value is -2.60. The van der Waals surface area contributed by atoms with Crippen LogP contribution < -0.4 is 10.2 Å². The molecular weight excluding hydrogens is 302 g/mol. The van der Waals surface area contributed by atoms with Crippen LogP contribution in [0.15, 0.2) is 42.7 Å². The van der Waals surface area contributed by atoms with Crippen LogP contribution in [0.1, 0.15) is 13.3 Å². The number of fused-ring (bicyclic) bond motifs is 1. The summed E-state index contributed by atoms with van der Waals surface area (Å²) in [6.45, 7) is 2.11. The molecule has 126 valence electrons. The highest BCUT2D eigenvalue weighted by Crippen LogP contribution is 2.27. The summed E-state index contributed by atoms with van der Waals surface area (Å²) in [7, 11) is 4.05. The predicted molar refractivity (Wildman–Crippen MR) is 97.5 cm³/mol. The molecule has 0 amide bonds. The van der Waals surface area contributed by atoms with Crippen molar-refractivity contribution in [2.45, 2.75) is 19.4 Å². The Morgan fingerprint density at radius 2 is 2.12 bits per heavy atom. The maximum absolute atomic E-state index is 9.36. The molecule has 0 aliphatic rings. The highest BCUT2D eigenvalue weighted by molar-refractivity contribution is 5.79. The van der Waals surface area contributed by atoms with Gasteiger partial charge in [-0.15, -0.1) is 0 Å². The number of hydrogen-bond acceptors (Lipinski definition) is 5. The van der Waals surface area contributed by atoms with Gasteiger partial charge in [-0.05, 0) is 30.2 Å². The molecule has 6 heteroatoms. The van der Waals surface area contributed by atoms with Gasteiger partial charge in [-0.3, -0.25) is 0 Å². The third-order valence-electron chi connectivity index (χ3n) is 4.11. The van der Waals surface area contributed by atoms with Crippen molar-refractivity contribution in [1.29, 1.82) is 0 Å². The average Bonchev–Trinajstić information content (AvgIpc) is 3.03. The molecule has 1 atom stereocenters. The Morgan fingerprint density at radius 3 is 2.83 bits per heavy atom. The molecule has 0 saturated carbocycles. The third-order valence-corrected chi connectivity index (χ3v) is 4.11. The minimum Gasteiger partial charge on any atom is -0.394 e. The predicted octanol–water partition coefficient (Wildman–Crippen LogP) is 2.65. The Bertz CT molecular complexity index is 823. The zero-order valence-electron chi connectivity index (χ0n) is 14.3. The molecule has 3 rings (SSSR count).